The van der Waals surface area contributed by atoms with Crippen LogP contribution in [0.3, 0.4) is 0 Å². The topological polar surface area (TPSA) is 8.81 Å². The van der Waals surface area contributed by atoms with Crippen LogP contribution in [0.1, 0.15) is 88.6 Å². The molecule has 42 heavy (non-hydrogen) atoms. The van der Waals surface area contributed by atoms with Crippen LogP contribution in [0.15, 0.2) is 24.5 Å². The predicted octanol–water partition coefficient (Wildman–Crippen LogP) is 11.6. The Bertz CT molecular complexity index is 1350. The van der Waals surface area contributed by atoms with Crippen LogP contribution in [0.4, 0.5) is 38.4 Å². The van der Waals surface area contributed by atoms with Crippen LogP contribution in [0.2, 0.25) is 0 Å². The van der Waals surface area contributed by atoms with Gasteiger partial charge in [-0.3, -0.25) is 0 Å². The molecule has 0 saturated carbocycles. The predicted molar refractivity (Wildman–Crippen MR) is 165 cm³/mol. The van der Waals surface area contributed by atoms with E-state index < -0.39 is 30.6 Å². The van der Waals surface area contributed by atoms with E-state index in [2.05, 4.69) is 129 Å². The van der Waals surface area contributed by atoms with Crippen LogP contribution in [-0.4, -0.2) is 55.4 Å². The van der Waals surface area contributed by atoms with Gasteiger partial charge in [0.05, 0.1) is 0 Å². The number of benzene rings is 1. The summed E-state index contributed by atoms with van der Waals surface area (Å²) in [5.41, 5.74) is -2.56. The van der Waals surface area contributed by atoms with Gasteiger partial charge in [-0.1, -0.05) is 0 Å². The number of nitrogens with zero attached hydrogens (tertiary/aromatic N) is 2. The van der Waals surface area contributed by atoms with Crippen molar-refractivity contribution in [1.82, 2.24) is 4.57 Å². The first kappa shape index (κ1) is 40.4. The fraction of sp³-hybridized carbons (Fsp3) is 0.731. The number of hydrogen-bond donors (Lipinski definition) is 0. The van der Waals surface area contributed by atoms with Crippen molar-refractivity contribution in [3.8, 4) is 0 Å². The maximum absolute atomic E-state index is 13.7. The average Bonchev–Trinajstić information content (AvgIpc) is 2.97. The van der Waals surface area contributed by atoms with E-state index in [4.69, 9.17) is 0 Å². The molecule has 2 rings (SSSR count). The molecule has 248 valence electrons. The van der Waals surface area contributed by atoms with Crippen LogP contribution in [0.5, 0.6) is 0 Å². The van der Waals surface area contributed by atoms with E-state index in [1.54, 1.807) is 6.07 Å². The second kappa shape index (κ2) is 11.0. The van der Waals surface area contributed by atoms with Gasteiger partial charge in [-0.2, -0.15) is 0 Å². The van der Waals surface area contributed by atoms with Crippen molar-refractivity contribution in [3.05, 3.63) is 30.1 Å². The molecule has 0 bridgehead atoms. The second-order valence-corrected chi connectivity index (χ2v) is 33.3. The molecule has 2 nitrogen and oxygen atoms in total. The van der Waals surface area contributed by atoms with Crippen LogP contribution in [0, 0.1) is 0 Å². The van der Waals surface area contributed by atoms with Gasteiger partial charge in [0.2, 0.25) is 0 Å². The van der Waals surface area contributed by atoms with Gasteiger partial charge in [0.25, 0.3) is 0 Å². The zero-order valence-electron chi connectivity index (χ0n) is 26.2. The summed E-state index contributed by atoms with van der Waals surface area (Å²) in [5, 5.41) is 0.0935. The Labute approximate surface area is 259 Å². The first-order valence-electron chi connectivity index (χ1n) is 13.1. The Morgan fingerprint density at radius 1 is 0.690 bits per heavy atom. The molecule has 0 spiro atoms. The van der Waals surface area contributed by atoms with Gasteiger partial charge in [0, 0.05) is 0 Å². The van der Waals surface area contributed by atoms with Gasteiger partial charge in [-0.25, -0.2) is 0 Å². The van der Waals surface area contributed by atoms with Crippen LogP contribution < -0.4 is 4.57 Å². The Kier molecular flexibility index (Phi) is 10.6. The first-order valence-corrected chi connectivity index (χ1v) is 23.5. The van der Waals surface area contributed by atoms with Crippen molar-refractivity contribution in [2.75, 3.05) is 0 Å². The third-order valence-electron chi connectivity index (χ3n) is 7.24. The third kappa shape index (κ3) is 10.5. The van der Waals surface area contributed by atoms with Gasteiger partial charge in [0.15, 0.2) is 0 Å². The van der Waals surface area contributed by atoms with E-state index in [0.717, 1.165) is 11.8 Å². The molecule has 2 aromatic rings. The van der Waals surface area contributed by atoms with E-state index in [1.165, 1.54) is 12.1 Å². The summed E-state index contributed by atoms with van der Waals surface area (Å²) in [6.45, 7) is 27.2. The molecule has 1 heterocycles. The summed E-state index contributed by atoms with van der Waals surface area (Å²) in [6.07, 6.45) is -0.829. The maximum atomic E-state index is 13.7. The van der Waals surface area contributed by atoms with Crippen LogP contribution >= 0.6 is 18.8 Å². The standard InChI is InChI=1S/C26H44F3N2P2Se2.F6P/c1-22(2,3)32(34,23(4,5)6)17-30-16-31(18-33(35,24(7,8)9)25(10,11)12)21-15-19(26(27,28)29)13-14-20(21)30;1-7(2,3,4,5)6/h13-16H,17-18H2,1-12H3;/q+1;-1. The zero-order chi connectivity index (χ0) is 34.0. The first-order chi connectivity index (χ1) is 17.7. The van der Waals surface area contributed by atoms with Gasteiger partial charge in [0.1, 0.15) is 0 Å². The Morgan fingerprint density at radius 3 is 1.36 bits per heavy atom. The second-order valence-electron chi connectivity index (χ2n) is 14.7. The molecule has 0 aliphatic carbocycles. The normalized spacial score (nSPS) is 16.5. The molecule has 1 aromatic carbocycles. The van der Waals surface area contributed by atoms with Crippen molar-refractivity contribution in [2.24, 2.45) is 0 Å². The van der Waals surface area contributed by atoms with Gasteiger partial charge in [-0.15, -0.1) is 0 Å². The summed E-state index contributed by atoms with van der Waals surface area (Å²) in [6, 6.07) is 4.23. The summed E-state index contributed by atoms with van der Waals surface area (Å²) < 4.78 is 105. The average molecular weight is 806 g/mol. The fourth-order valence-corrected chi connectivity index (χ4v) is 13.6. The Morgan fingerprint density at radius 2 is 1.05 bits per heavy atom. The van der Waals surface area contributed by atoms with Crippen molar-refractivity contribution >= 4 is 60.1 Å². The molecule has 0 N–H and O–H groups in total. The molecule has 1 aromatic heterocycles. The molecule has 16 heteroatoms. The monoisotopic (exact) mass is 808 g/mol. The summed E-state index contributed by atoms with van der Waals surface area (Å²) in [5.74, 6) is 0. The number of fused-ring (bicyclic) bond motifs is 1. The SMILES string of the molecule is CC(C)(C)P(=[Se])(Cn1c[n+](CP(=[Se])(C(C)(C)C)C(C)(C)C)c2ccc(C(F)(F)F)cc21)C(C)(C)C.F[P-](F)(F)(F)(F)F. The molecule has 0 aliphatic heterocycles. The van der Waals surface area contributed by atoms with Gasteiger partial charge < -0.3 is 0 Å². The van der Waals surface area contributed by atoms with Crippen molar-refractivity contribution in [3.63, 3.8) is 0 Å². The van der Waals surface area contributed by atoms with E-state index >= 15 is 0 Å². The summed E-state index contributed by atoms with van der Waals surface area (Å²) in [4.78, 5) is 0. The molecule has 0 unspecified atom stereocenters. The van der Waals surface area contributed by atoms with Crippen LogP contribution in [0.25, 0.3) is 11.0 Å². The van der Waals surface area contributed by atoms with Crippen LogP contribution in [-0.2, 0) is 18.7 Å². The van der Waals surface area contributed by atoms with E-state index in [-0.39, 0.29) is 20.6 Å². The van der Waals surface area contributed by atoms with Crippen molar-refractivity contribution in [2.45, 2.75) is 122 Å². The summed E-state index contributed by atoms with van der Waals surface area (Å²) >= 11 is 7.22. The third-order valence-corrected chi connectivity index (χ3v) is 32.6. The zero-order valence-corrected chi connectivity index (χ0v) is 32.3. The Balaban J connectivity index is 0.00000112. The van der Waals surface area contributed by atoms with E-state index in [1.807, 2.05) is 0 Å². The van der Waals surface area contributed by atoms with E-state index in [0.29, 0.717) is 11.8 Å². The number of aromatic nitrogens is 2. The molecule has 0 atom stereocenters. The minimum atomic E-state index is -10.7. The van der Waals surface area contributed by atoms with Crippen molar-refractivity contribution in [1.29, 1.82) is 0 Å². The molecule has 0 amide bonds. The quantitative estimate of drug-likeness (QED) is 0.126. The number of imidazole rings is 1. The summed E-state index contributed by atoms with van der Waals surface area (Å²) in [7, 11) is -10.7. The molecular weight excluding hydrogens is 762 g/mol. The Hall–Kier alpha value is 0.389. The van der Waals surface area contributed by atoms with E-state index in [9.17, 15) is 38.4 Å². The molecule has 0 aliphatic rings. The molecule has 0 saturated heterocycles. The van der Waals surface area contributed by atoms with Crippen molar-refractivity contribution < 1.29 is 42.9 Å². The van der Waals surface area contributed by atoms with Gasteiger partial charge >= 0.3 is 260 Å². The molecule has 0 fully saturated rings. The number of rotatable bonds is 4. The fourth-order valence-electron chi connectivity index (χ4n) is 4.98. The minimum absolute atomic E-state index is 0.000419. The molecule has 0 radical (unpaired) electrons. The number of alkyl halides is 3. The molecular formula is C26H44F9N2P3Se2. The van der Waals surface area contributed by atoms with Gasteiger partial charge in [-0.05, 0) is 0 Å². The number of hydrogen-bond acceptors (Lipinski definition) is 0. The number of halogens is 9.